The van der Waals surface area contributed by atoms with E-state index in [9.17, 15) is 5.11 Å². The molecule has 120 valence electrons. The van der Waals surface area contributed by atoms with Gasteiger partial charge in [0.2, 0.25) is 0 Å². The maximum atomic E-state index is 10.4. The Morgan fingerprint density at radius 2 is 1.80 bits per heavy atom. The van der Waals surface area contributed by atoms with Gasteiger partial charge in [0.05, 0.1) is 12.7 Å². The predicted molar refractivity (Wildman–Crippen MR) is 83.2 cm³/mol. The molecule has 0 aromatic heterocycles. The lowest BCUT2D eigenvalue weighted by Crippen LogP contribution is -2.42. The first-order valence-electron chi connectivity index (χ1n) is 7.93. The number of aliphatic hydroxyl groups excluding tert-OH is 1. The fourth-order valence-corrected chi connectivity index (χ4v) is 5.44. The van der Waals surface area contributed by atoms with E-state index in [4.69, 9.17) is 13.9 Å². The van der Waals surface area contributed by atoms with Gasteiger partial charge in [0.1, 0.15) is 6.10 Å². The number of aliphatic hydroxyl groups is 1. The Hall–Kier alpha value is 0.0569. The molecule has 0 radical (unpaired) electrons. The van der Waals surface area contributed by atoms with Crippen LogP contribution in [0.4, 0.5) is 0 Å². The molecule has 1 saturated heterocycles. The first kappa shape index (κ1) is 18.1. The third kappa shape index (κ3) is 4.53. The second-order valence-corrected chi connectivity index (χ2v) is 11.2. The van der Waals surface area contributed by atoms with Gasteiger partial charge in [-0.25, -0.2) is 0 Å². The summed E-state index contributed by atoms with van der Waals surface area (Å²) in [6.45, 7) is 13.5. The highest BCUT2D eigenvalue weighted by Gasteiger charge is 2.39. The van der Waals surface area contributed by atoms with Crippen LogP contribution in [0.2, 0.25) is 18.1 Å². The molecule has 0 aromatic carbocycles. The zero-order valence-electron chi connectivity index (χ0n) is 13.9. The van der Waals surface area contributed by atoms with E-state index in [0.29, 0.717) is 13.2 Å². The van der Waals surface area contributed by atoms with E-state index in [2.05, 4.69) is 20.8 Å². The summed E-state index contributed by atoms with van der Waals surface area (Å²) in [5.41, 5.74) is 0. The molecule has 20 heavy (non-hydrogen) atoms. The third-order valence-corrected chi connectivity index (χ3v) is 9.22. The summed E-state index contributed by atoms with van der Waals surface area (Å²) >= 11 is 0. The Bertz CT molecular complexity index is 283. The molecule has 0 spiro atoms. The van der Waals surface area contributed by atoms with E-state index >= 15 is 0 Å². The lowest BCUT2D eigenvalue weighted by atomic mass is 10.0. The Morgan fingerprint density at radius 1 is 1.25 bits per heavy atom. The fourth-order valence-electron chi connectivity index (χ4n) is 2.71. The standard InChI is InChI=1S/C15H32O4Si/c1-7-20(8-2,9-3)18-10-12(4)14(16)13-11-17-15(5,6)19-13/h12-14,16H,7-11H2,1-6H3/t12-,13-,14-/m1/s1. The van der Waals surface area contributed by atoms with Crippen LogP contribution in [0.5, 0.6) is 0 Å². The minimum Gasteiger partial charge on any atom is -0.416 e. The average molecular weight is 305 g/mol. The van der Waals surface area contributed by atoms with Crippen LogP contribution in [0, 0.1) is 5.92 Å². The van der Waals surface area contributed by atoms with Crippen LogP contribution >= 0.6 is 0 Å². The summed E-state index contributed by atoms with van der Waals surface area (Å²) in [7, 11) is -1.58. The van der Waals surface area contributed by atoms with Crippen LogP contribution in [-0.2, 0) is 13.9 Å². The van der Waals surface area contributed by atoms with Crippen molar-refractivity contribution in [3.63, 3.8) is 0 Å². The van der Waals surface area contributed by atoms with Gasteiger partial charge in [-0.2, -0.15) is 0 Å². The smallest absolute Gasteiger partial charge is 0.191 e. The van der Waals surface area contributed by atoms with E-state index in [-0.39, 0.29) is 12.0 Å². The van der Waals surface area contributed by atoms with Gasteiger partial charge in [-0.3, -0.25) is 0 Å². The van der Waals surface area contributed by atoms with Crippen molar-refractivity contribution >= 4 is 8.32 Å². The van der Waals surface area contributed by atoms with Gasteiger partial charge in [0.25, 0.3) is 0 Å². The molecular weight excluding hydrogens is 272 g/mol. The molecule has 1 heterocycles. The van der Waals surface area contributed by atoms with Gasteiger partial charge in [-0.05, 0) is 32.0 Å². The molecular formula is C15H32O4Si. The van der Waals surface area contributed by atoms with Crippen molar-refractivity contribution < 1.29 is 19.0 Å². The highest BCUT2D eigenvalue weighted by atomic mass is 28.4. The quantitative estimate of drug-likeness (QED) is 0.700. The molecule has 1 fully saturated rings. The summed E-state index contributed by atoms with van der Waals surface area (Å²) in [6, 6.07) is 3.41. The Balaban J connectivity index is 2.48. The van der Waals surface area contributed by atoms with E-state index in [1.54, 1.807) is 0 Å². The Kier molecular flexibility index (Phi) is 6.66. The van der Waals surface area contributed by atoms with Crippen molar-refractivity contribution in [2.45, 2.75) is 77.7 Å². The topological polar surface area (TPSA) is 47.9 Å². The van der Waals surface area contributed by atoms with Crippen molar-refractivity contribution in [2.24, 2.45) is 5.92 Å². The number of rotatable bonds is 8. The van der Waals surface area contributed by atoms with Crippen LogP contribution in [0.15, 0.2) is 0 Å². The zero-order valence-corrected chi connectivity index (χ0v) is 14.9. The maximum absolute atomic E-state index is 10.4. The summed E-state index contributed by atoms with van der Waals surface area (Å²) in [6.07, 6.45) is -0.779. The molecule has 4 nitrogen and oxygen atoms in total. The molecule has 0 bridgehead atoms. The van der Waals surface area contributed by atoms with Crippen LogP contribution in [0.3, 0.4) is 0 Å². The Morgan fingerprint density at radius 3 is 2.20 bits per heavy atom. The molecule has 1 rings (SSSR count). The molecule has 0 saturated carbocycles. The van der Waals surface area contributed by atoms with Crippen LogP contribution in [-0.4, -0.2) is 44.6 Å². The molecule has 0 aliphatic carbocycles. The van der Waals surface area contributed by atoms with Crippen LogP contribution in [0.25, 0.3) is 0 Å². The number of hydrogen-bond donors (Lipinski definition) is 1. The lowest BCUT2D eigenvalue weighted by Gasteiger charge is -2.32. The second kappa shape index (κ2) is 7.36. The molecule has 0 unspecified atom stereocenters. The van der Waals surface area contributed by atoms with E-state index < -0.39 is 20.2 Å². The summed E-state index contributed by atoms with van der Waals surface area (Å²) in [5.74, 6) is -0.518. The summed E-state index contributed by atoms with van der Waals surface area (Å²) in [5, 5.41) is 10.4. The van der Waals surface area contributed by atoms with Gasteiger partial charge < -0.3 is 19.0 Å². The molecule has 5 heteroatoms. The summed E-state index contributed by atoms with van der Waals surface area (Å²) < 4.78 is 17.5. The van der Waals surface area contributed by atoms with E-state index in [1.165, 1.54) is 0 Å². The number of hydrogen-bond acceptors (Lipinski definition) is 4. The minimum absolute atomic E-state index is 0.0639. The molecule has 1 aliphatic heterocycles. The molecule has 3 atom stereocenters. The highest BCUT2D eigenvalue weighted by Crippen LogP contribution is 2.28. The molecule has 1 aliphatic rings. The van der Waals surface area contributed by atoms with Gasteiger partial charge >= 0.3 is 0 Å². The summed E-state index contributed by atoms with van der Waals surface area (Å²) in [4.78, 5) is 0. The SMILES string of the molecule is CC[Si](CC)(CC)OC[C@@H](C)[C@@H](O)[C@H]1COC(C)(C)O1. The Labute approximate surface area is 124 Å². The van der Waals surface area contributed by atoms with Crippen molar-refractivity contribution in [1.82, 2.24) is 0 Å². The number of ether oxygens (including phenoxy) is 2. The third-order valence-electron chi connectivity index (χ3n) is 4.58. The predicted octanol–water partition coefficient (Wildman–Crippen LogP) is 3.16. The van der Waals surface area contributed by atoms with Gasteiger partial charge in [-0.1, -0.05) is 27.7 Å². The van der Waals surface area contributed by atoms with Crippen molar-refractivity contribution in [2.75, 3.05) is 13.2 Å². The molecule has 1 N–H and O–H groups in total. The van der Waals surface area contributed by atoms with Crippen molar-refractivity contribution in [1.29, 1.82) is 0 Å². The largest absolute Gasteiger partial charge is 0.416 e. The maximum Gasteiger partial charge on any atom is 0.191 e. The minimum atomic E-state index is -1.58. The molecule has 0 amide bonds. The zero-order chi connectivity index (χ0) is 15.4. The van der Waals surface area contributed by atoms with Gasteiger partial charge in [-0.15, -0.1) is 0 Å². The van der Waals surface area contributed by atoms with Crippen LogP contribution in [0.1, 0.15) is 41.5 Å². The highest BCUT2D eigenvalue weighted by molar-refractivity contribution is 6.73. The average Bonchev–Trinajstić information content (AvgIpc) is 2.80. The molecule has 0 aromatic rings. The van der Waals surface area contributed by atoms with Crippen molar-refractivity contribution in [3.8, 4) is 0 Å². The van der Waals surface area contributed by atoms with Crippen molar-refractivity contribution in [3.05, 3.63) is 0 Å². The fraction of sp³-hybridized carbons (Fsp3) is 1.00. The second-order valence-electron chi connectivity index (χ2n) is 6.39. The van der Waals surface area contributed by atoms with Gasteiger partial charge in [0.15, 0.2) is 14.1 Å². The van der Waals surface area contributed by atoms with E-state index in [0.717, 1.165) is 18.1 Å². The first-order chi connectivity index (χ1) is 9.29. The lowest BCUT2D eigenvalue weighted by molar-refractivity contribution is -0.155. The monoisotopic (exact) mass is 304 g/mol. The normalized spacial score (nSPS) is 25.6. The van der Waals surface area contributed by atoms with E-state index in [1.807, 2.05) is 20.8 Å². The first-order valence-corrected chi connectivity index (χ1v) is 10.5. The van der Waals surface area contributed by atoms with Crippen LogP contribution < -0.4 is 0 Å². The van der Waals surface area contributed by atoms with Gasteiger partial charge in [0, 0.05) is 12.5 Å².